The van der Waals surface area contributed by atoms with Gasteiger partial charge in [0.2, 0.25) is 0 Å². The number of hydrogen-bond acceptors (Lipinski definition) is 11. The number of Topliss-reactive ketones (excluding diaryl/α,β-unsaturated/α-hetero) is 2. The van der Waals surface area contributed by atoms with Crippen LogP contribution in [-0.2, 0) is 52.5 Å². The maximum Gasteiger partial charge on any atom is 0.303 e. The van der Waals surface area contributed by atoms with E-state index in [0.717, 1.165) is 20.8 Å². The fourth-order valence-electron chi connectivity index (χ4n) is 5.96. The fourth-order valence-corrected chi connectivity index (χ4v) is 5.96. The van der Waals surface area contributed by atoms with Gasteiger partial charge in [-0.3, -0.25) is 28.8 Å². The van der Waals surface area contributed by atoms with Crippen LogP contribution in [0.3, 0.4) is 0 Å². The molecule has 0 aromatic heterocycles. The lowest BCUT2D eigenvalue weighted by molar-refractivity contribution is -0.186. The SMILES string of the molecule is C=C1[C@H](OC(C)=O)[C@H]2[C@@H](OC(C)=O)[C@@H](C)C[C@]2(OC(C)=O)C(=O)[C@H](C)/C=C\C(C)(C)C(=O)[C@@H](OCC(C)C)[C@H]1OC(C)=O. The van der Waals surface area contributed by atoms with Gasteiger partial charge in [0.15, 0.2) is 29.4 Å². The fraction of sp³-hybridized carbons (Fsp3) is 0.688. The zero-order valence-corrected chi connectivity index (χ0v) is 26.9. The van der Waals surface area contributed by atoms with Crippen molar-refractivity contribution in [3.8, 4) is 0 Å². The molecule has 2 rings (SSSR count). The summed E-state index contributed by atoms with van der Waals surface area (Å²) in [6.07, 6.45) is -2.44. The Labute approximate surface area is 253 Å². The first-order chi connectivity index (χ1) is 19.7. The molecule has 1 fully saturated rings. The molecule has 1 saturated carbocycles. The molecule has 0 aromatic rings. The van der Waals surface area contributed by atoms with E-state index in [9.17, 15) is 28.8 Å². The molecular weight excluding hydrogens is 560 g/mol. The van der Waals surface area contributed by atoms with E-state index < -0.39 is 88.6 Å². The predicted molar refractivity (Wildman–Crippen MR) is 154 cm³/mol. The summed E-state index contributed by atoms with van der Waals surface area (Å²) in [4.78, 5) is 78.5. The molecule has 11 nitrogen and oxygen atoms in total. The highest BCUT2D eigenvalue weighted by Gasteiger charge is 2.65. The van der Waals surface area contributed by atoms with Gasteiger partial charge < -0.3 is 23.7 Å². The smallest absolute Gasteiger partial charge is 0.303 e. The van der Waals surface area contributed by atoms with Gasteiger partial charge in [0, 0.05) is 51.0 Å². The van der Waals surface area contributed by atoms with Gasteiger partial charge in [-0.2, -0.15) is 0 Å². The van der Waals surface area contributed by atoms with Gasteiger partial charge in [-0.25, -0.2) is 0 Å². The molecule has 2 aliphatic carbocycles. The summed E-state index contributed by atoms with van der Waals surface area (Å²) in [6, 6.07) is 0. The van der Waals surface area contributed by atoms with Crippen LogP contribution in [0.25, 0.3) is 0 Å². The lowest BCUT2D eigenvalue weighted by Gasteiger charge is -2.42. The van der Waals surface area contributed by atoms with Gasteiger partial charge in [-0.05, 0) is 25.7 Å². The van der Waals surface area contributed by atoms with Crippen molar-refractivity contribution >= 4 is 35.4 Å². The molecule has 0 N–H and O–H groups in total. The Morgan fingerprint density at radius 3 is 1.88 bits per heavy atom. The van der Waals surface area contributed by atoms with Crippen molar-refractivity contribution in [2.75, 3.05) is 6.61 Å². The van der Waals surface area contributed by atoms with Gasteiger partial charge in [0.25, 0.3) is 0 Å². The molecule has 0 amide bonds. The van der Waals surface area contributed by atoms with Crippen molar-refractivity contribution in [1.29, 1.82) is 0 Å². The van der Waals surface area contributed by atoms with Gasteiger partial charge in [0.1, 0.15) is 12.2 Å². The Morgan fingerprint density at radius 1 is 0.860 bits per heavy atom. The zero-order valence-electron chi connectivity index (χ0n) is 26.9. The van der Waals surface area contributed by atoms with E-state index in [1.165, 1.54) is 6.92 Å². The molecule has 2 aliphatic rings. The van der Waals surface area contributed by atoms with Crippen LogP contribution in [0, 0.1) is 29.1 Å². The highest BCUT2D eigenvalue weighted by atomic mass is 16.6. The molecule has 0 unspecified atom stereocenters. The average Bonchev–Trinajstić information content (AvgIpc) is 3.13. The Morgan fingerprint density at radius 2 is 1.40 bits per heavy atom. The third-order valence-corrected chi connectivity index (χ3v) is 7.76. The van der Waals surface area contributed by atoms with Crippen molar-refractivity contribution in [3.05, 3.63) is 24.3 Å². The Hall–Kier alpha value is -3.34. The summed E-state index contributed by atoms with van der Waals surface area (Å²) >= 11 is 0. The third-order valence-electron chi connectivity index (χ3n) is 7.76. The van der Waals surface area contributed by atoms with Crippen LogP contribution in [0.4, 0.5) is 0 Å². The van der Waals surface area contributed by atoms with Crippen molar-refractivity contribution in [1.82, 2.24) is 0 Å². The number of fused-ring (bicyclic) bond motifs is 1. The van der Waals surface area contributed by atoms with E-state index in [0.29, 0.717) is 0 Å². The van der Waals surface area contributed by atoms with E-state index in [1.54, 1.807) is 39.8 Å². The molecule has 8 atom stereocenters. The minimum atomic E-state index is -1.94. The van der Waals surface area contributed by atoms with E-state index in [4.69, 9.17) is 23.7 Å². The van der Waals surface area contributed by atoms with Crippen molar-refractivity contribution in [3.63, 3.8) is 0 Å². The zero-order chi connectivity index (χ0) is 33.0. The minimum absolute atomic E-state index is 0.0124. The van der Waals surface area contributed by atoms with Crippen LogP contribution in [0.15, 0.2) is 24.3 Å². The average molecular weight is 607 g/mol. The van der Waals surface area contributed by atoms with Gasteiger partial charge in [-0.1, -0.05) is 46.4 Å². The molecule has 0 spiro atoms. The van der Waals surface area contributed by atoms with Crippen LogP contribution < -0.4 is 0 Å². The standard InChI is InChI=1S/C32H46O11/c1-16(2)15-39-28-27(42-22(8)35)19(5)26(41-21(7)34)24-25(40-20(6)33)18(4)14-32(24,43-23(9)36)29(37)17(3)12-13-31(10,11)30(28)38/h12-13,16-18,24-28H,5,14-15H2,1-4,6-11H3/b13-12-/t17-,18+,24-,25+,26+,27+,28+,32-/m1/s1. The molecule has 43 heavy (non-hydrogen) atoms. The summed E-state index contributed by atoms with van der Waals surface area (Å²) < 4.78 is 29.2. The molecule has 0 aliphatic heterocycles. The summed E-state index contributed by atoms with van der Waals surface area (Å²) in [5.41, 5.74) is -3.26. The Bertz CT molecular complexity index is 1170. The number of ketones is 2. The monoisotopic (exact) mass is 606 g/mol. The molecule has 0 saturated heterocycles. The van der Waals surface area contributed by atoms with Crippen LogP contribution >= 0.6 is 0 Å². The predicted octanol–water partition coefficient (Wildman–Crippen LogP) is 3.71. The number of esters is 4. The maximum atomic E-state index is 14.4. The quantitative estimate of drug-likeness (QED) is 0.237. The molecule has 11 heteroatoms. The van der Waals surface area contributed by atoms with Crippen molar-refractivity contribution < 1.29 is 52.5 Å². The number of carbonyl (C=O) groups excluding carboxylic acids is 6. The second-order valence-corrected chi connectivity index (χ2v) is 12.6. The molecule has 0 aromatic carbocycles. The second kappa shape index (κ2) is 14.0. The number of rotatable bonds is 7. The van der Waals surface area contributed by atoms with Crippen LogP contribution in [-0.4, -0.2) is 72.1 Å². The van der Waals surface area contributed by atoms with Crippen LogP contribution in [0.2, 0.25) is 0 Å². The van der Waals surface area contributed by atoms with E-state index in [-0.39, 0.29) is 24.5 Å². The molecule has 240 valence electrons. The Balaban J connectivity index is 3.04. The molecule has 0 bridgehead atoms. The van der Waals surface area contributed by atoms with Gasteiger partial charge >= 0.3 is 23.9 Å². The Kier molecular flexibility index (Phi) is 11.6. The van der Waals surface area contributed by atoms with Crippen molar-refractivity contribution in [2.24, 2.45) is 29.1 Å². The van der Waals surface area contributed by atoms with E-state index in [1.807, 2.05) is 13.8 Å². The second-order valence-electron chi connectivity index (χ2n) is 12.6. The van der Waals surface area contributed by atoms with E-state index in [2.05, 4.69) is 6.58 Å². The summed E-state index contributed by atoms with van der Waals surface area (Å²) in [6.45, 7) is 19.2. The number of carbonyl (C=O) groups is 6. The topological polar surface area (TPSA) is 149 Å². The number of hydrogen-bond donors (Lipinski definition) is 0. The van der Waals surface area contributed by atoms with Gasteiger partial charge in [-0.15, -0.1) is 0 Å². The first kappa shape index (κ1) is 35.9. The lowest BCUT2D eigenvalue weighted by Crippen LogP contribution is -2.58. The highest BCUT2D eigenvalue weighted by molar-refractivity contribution is 5.95. The van der Waals surface area contributed by atoms with Crippen molar-refractivity contribution in [2.45, 2.75) is 106 Å². The normalized spacial score (nSPS) is 33.5. The van der Waals surface area contributed by atoms with E-state index >= 15 is 0 Å². The third kappa shape index (κ3) is 8.19. The van der Waals surface area contributed by atoms with Crippen LogP contribution in [0.5, 0.6) is 0 Å². The largest absolute Gasteiger partial charge is 0.462 e. The lowest BCUT2D eigenvalue weighted by atomic mass is 9.72. The highest BCUT2D eigenvalue weighted by Crippen LogP contribution is 2.51. The molecule has 0 radical (unpaired) electrons. The molecular formula is C32H46O11. The summed E-state index contributed by atoms with van der Waals surface area (Å²) in [7, 11) is 0. The van der Waals surface area contributed by atoms with Crippen LogP contribution in [0.1, 0.15) is 75.7 Å². The summed E-state index contributed by atoms with van der Waals surface area (Å²) in [5, 5.41) is 0. The maximum absolute atomic E-state index is 14.4. The first-order valence-corrected chi connectivity index (χ1v) is 14.5. The number of ether oxygens (including phenoxy) is 5. The molecule has 0 heterocycles. The summed E-state index contributed by atoms with van der Waals surface area (Å²) in [5.74, 6) is -6.81. The number of allylic oxidation sites excluding steroid dienone is 2. The first-order valence-electron chi connectivity index (χ1n) is 14.5. The minimum Gasteiger partial charge on any atom is -0.462 e. The van der Waals surface area contributed by atoms with Gasteiger partial charge in [0.05, 0.1) is 12.5 Å².